The molecule has 2 unspecified atom stereocenters. The Morgan fingerprint density at radius 2 is 2.27 bits per heavy atom. The third-order valence-electron chi connectivity index (χ3n) is 2.93. The molecule has 1 aromatic heterocycles. The van der Waals surface area contributed by atoms with Crippen LogP contribution in [0, 0.1) is 6.92 Å². The average Bonchev–Trinajstić information content (AvgIpc) is 2.56. The third-order valence-corrected chi connectivity index (χ3v) is 2.93. The zero-order valence-electron chi connectivity index (χ0n) is 9.99. The Balaban J connectivity index is 2.78. The van der Waals surface area contributed by atoms with Crippen LogP contribution >= 0.6 is 0 Å². The second-order valence-electron chi connectivity index (χ2n) is 4.02. The van der Waals surface area contributed by atoms with Crippen LogP contribution in [0.5, 0.6) is 0 Å². The van der Waals surface area contributed by atoms with Gasteiger partial charge in [-0.15, -0.1) is 0 Å². The first kappa shape index (κ1) is 12.2. The molecule has 0 fully saturated rings. The Kier molecular flexibility index (Phi) is 4.29. The van der Waals surface area contributed by atoms with Gasteiger partial charge in [0.25, 0.3) is 0 Å². The van der Waals surface area contributed by atoms with E-state index in [1.54, 1.807) is 0 Å². The van der Waals surface area contributed by atoms with Gasteiger partial charge in [0, 0.05) is 24.3 Å². The summed E-state index contributed by atoms with van der Waals surface area (Å²) in [6.45, 7) is 6.37. The Bertz CT molecular complexity index is 309. The monoisotopic (exact) mass is 211 g/mol. The molecule has 0 spiro atoms. The van der Waals surface area contributed by atoms with E-state index in [4.69, 9.17) is 0 Å². The average molecular weight is 211 g/mol. The normalized spacial score (nSPS) is 15.3. The molecule has 1 heterocycles. The fourth-order valence-electron chi connectivity index (χ4n) is 1.56. The highest BCUT2D eigenvalue weighted by Gasteiger charge is 2.16. The molecule has 15 heavy (non-hydrogen) atoms. The second-order valence-corrected chi connectivity index (χ2v) is 4.02. The lowest BCUT2D eigenvalue weighted by Crippen LogP contribution is -2.32. The fourth-order valence-corrected chi connectivity index (χ4v) is 1.56. The molecule has 0 aliphatic carbocycles. The van der Waals surface area contributed by atoms with Crippen LogP contribution in [0.1, 0.15) is 37.6 Å². The number of aliphatic hydroxyl groups excluding tert-OH is 1. The fraction of sp³-hybridized carbons (Fsp3) is 0.727. The summed E-state index contributed by atoms with van der Waals surface area (Å²) in [6, 6.07) is 0.399. The maximum absolute atomic E-state index is 9.36. The van der Waals surface area contributed by atoms with Crippen molar-refractivity contribution in [2.24, 2.45) is 7.05 Å². The molecule has 2 atom stereocenters. The van der Waals surface area contributed by atoms with Crippen molar-refractivity contribution in [1.29, 1.82) is 0 Å². The molecule has 1 rings (SSSR count). The summed E-state index contributed by atoms with van der Waals surface area (Å²) >= 11 is 0. The summed E-state index contributed by atoms with van der Waals surface area (Å²) < 4.78 is 1.83. The van der Waals surface area contributed by atoms with E-state index in [1.165, 1.54) is 0 Å². The van der Waals surface area contributed by atoms with Crippen LogP contribution in [0.4, 0.5) is 0 Å². The van der Waals surface area contributed by atoms with E-state index in [0.717, 1.165) is 17.7 Å². The molecule has 86 valence electrons. The number of aromatic nitrogens is 2. The minimum atomic E-state index is -0.00588. The minimum absolute atomic E-state index is 0.00588. The molecular formula is C11H21N3O. The van der Waals surface area contributed by atoms with Crippen LogP contribution in [0.3, 0.4) is 0 Å². The van der Waals surface area contributed by atoms with Gasteiger partial charge in [-0.1, -0.05) is 6.92 Å². The van der Waals surface area contributed by atoms with Crippen molar-refractivity contribution in [3.63, 3.8) is 0 Å². The van der Waals surface area contributed by atoms with Gasteiger partial charge in [0.2, 0.25) is 0 Å². The number of nitrogens with one attached hydrogen (secondary N) is 1. The summed E-state index contributed by atoms with van der Waals surface area (Å²) in [5.74, 6) is 0. The molecule has 1 aromatic rings. The first-order valence-electron chi connectivity index (χ1n) is 5.45. The highest BCUT2D eigenvalue weighted by Crippen LogP contribution is 2.17. The molecule has 0 amide bonds. The zero-order chi connectivity index (χ0) is 11.4. The number of nitrogens with zero attached hydrogens (tertiary/aromatic N) is 2. The predicted molar refractivity (Wildman–Crippen MR) is 60.7 cm³/mol. The lowest BCUT2D eigenvalue weighted by molar-refractivity contribution is 0.233. The third kappa shape index (κ3) is 2.79. The Hall–Kier alpha value is -0.870. The van der Waals surface area contributed by atoms with Gasteiger partial charge in [-0.25, -0.2) is 0 Å². The van der Waals surface area contributed by atoms with Crippen LogP contribution in [0.2, 0.25) is 0 Å². The molecule has 0 saturated heterocycles. The topological polar surface area (TPSA) is 50.1 Å². The van der Waals surface area contributed by atoms with Crippen molar-refractivity contribution in [3.05, 3.63) is 17.5 Å². The summed E-state index contributed by atoms with van der Waals surface area (Å²) in [5, 5.41) is 16.9. The molecule has 0 bridgehead atoms. The lowest BCUT2D eigenvalue weighted by atomic mass is 10.1. The first-order chi connectivity index (χ1) is 7.10. The van der Waals surface area contributed by atoms with Gasteiger partial charge in [0.1, 0.15) is 0 Å². The van der Waals surface area contributed by atoms with Crippen LogP contribution < -0.4 is 5.32 Å². The number of hydrogen-bond acceptors (Lipinski definition) is 3. The first-order valence-corrected chi connectivity index (χ1v) is 5.45. The van der Waals surface area contributed by atoms with Crippen LogP contribution in [-0.4, -0.2) is 27.5 Å². The number of aliphatic hydroxyl groups is 1. The standard InChI is InChI=1S/C11H21N3O/c1-5-8(2)13-11(7-15)10-6-12-14(4)9(10)3/h6,8,11,13,15H,5,7H2,1-4H3. The molecule has 0 aromatic carbocycles. The van der Waals surface area contributed by atoms with E-state index < -0.39 is 0 Å². The van der Waals surface area contributed by atoms with Gasteiger partial charge in [-0.3, -0.25) is 4.68 Å². The van der Waals surface area contributed by atoms with Crippen molar-refractivity contribution >= 4 is 0 Å². The van der Waals surface area contributed by atoms with Crippen molar-refractivity contribution in [3.8, 4) is 0 Å². The Labute approximate surface area is 91.3 Å². The minimum Gasteiger partial charge on any atom is -0.394 e. The van der Waals surface area contributed by atoms with E-state index in [-0.39, 0.29) is 12.6 Å². The molecule has 0 aliphatic heterocycles. The lowest BCUT2D eigenvalue weighted by Gasteiger charge is -2.20. The Morgan fingerprint density at radius 1 is 1.60 bits per heavy atom. The van der Waals surface area contributed by atoms with Gasteiger partial charge >= 0.3 is 0 Å². The quantitative estimate of drug-likeness (QED) is 0.768. The van der Waals surface area contributed by atoms with E-state index in [2.05, 4.69) is 24.3 Å². The molecule has 2 N–H and O–H groups in total. The maximum Gasteiger partial charge on any atom is 0.0627 e. The number of hydrogen-bond donors (Lipinski definition) is 2. The Morgan fingerprint density at radius 3 is 2.67 bits per heavy atom. The second kappa shape index (κ2) is 5.28. The van der Waals surface area contributed by atoms with Crippen LogP contribution in [-0.2, 0) is 7.05 Å². The van der Waals surface area contributed by atoms with Crippen molar-refractivity contribution in [2.45, 2.75) is 39.3 Å². The van der Waals surface area contributed by atoms with Crippen molar-refractivity contribution in [1.82, 2.24) is 15.1 Å². The number of aryl methyl sites for hydroxylation is 1. The highest BCUT2D eigenvalue weighted by molar-refractivity contribution is 5.20. The summed E-state index contributed by atoms with van der Waals surface area (Å²) in [7, 11) is 1.91. The number of rotatable bonds is 5. The van der Waals surface area contributed by atoms with E-state index in [0.29, 0.717) is 6.04 Å². The van der Waals surface area contributed by atoms with Crippen LogP contribution in [0.15, 0.2) is 6.20 Å². The van der Waals surface area contributed by atoms with Crippen molar-refractivity contribution < 1.29 is 5.11 Å². The smallest absolute Gasteiger partial charge is 0.0627 e. The highest BCUT2D eigenvalue weighted by atomic mass is 16.3. The summed E-state index contributed by atoms with van der Waals surface area (Å²) in [4.78, 5) is 0. The SMILES string of the molecule is CCC(C)NC(CO)c1cnn(C)c1C. The molecule has 4 nitrogen and oxygen atoms in total. The summed E-state index contributed by atoms with van der Waals surface area (Å²) in [6.07, 6.45) is 2.88. The largest absolute Gasteiger partial charge is 0.394 e. The van der Waals surface area contributed by atoms with E-state index in [9.17, 15) is 5.11 Å². The summed E-state index contributed by atoms with van der Waals surface area (Å²) in [5.41, 5.74) is 2.19. The molecular weight excluding hydrogens is 190 g/mol. The molecule has 0 saturated carbocycles. The van der Waals surface area contributed by atoms with Gasteiger partial charge in [0.15, 0.2) is 0 Å². The van der Waals surface area contributed by atoms with Gasteiger partial charge < -0.3 is 10.4 Å². The van der Waals surface area contributed by atoms with Gasteiger partial charge in [-0.2, -0.15) is 5.10 Å². The van der Waals surface area contributed by atoms with Crippen molar-refractivity contribution in [2.75, 3.05) is 6.61 Å². The van der Waals surface area contributed by atoms with Gasteiger partial charge in [-0.05, 0) is 20.3 Å². The van der Waals surface area contributed by atoms with E-state index in [1.807, 2.05) is 24.9 Å². The molecule has 0 aliphatic rings. The predicted octanol–water partition coefficient (Wildman–Crippen LogP) is 1.15. The zero-order valence-corrected chi connectivity index (χ0v) is 9.99. The van der Waals surface area contributed by atoms with Gasteiger partial charge in [0.05, 0.1) is 18.8 Å². The van der Waals surface area contributed by atoms with E-state index >= 15 is 0 Å². The molecule has 0 radical (unpaired) electrons. The molecule has 4 heteroatoms. The maximum atomic E-state index is 9.36. The van der Waals surface area contributed by atoms with Crippen LogP contribution in [0.25, 0.3) is 0 Å².